The second-order valence-electron chi connectivity index (χ2n) is 3.95. The van der Waals surface area contributed by atoms with Crippen LogP contribution in [0.2, 0.25) is 10.0 Å². The molecule has 5 heteroatoms. The van der Waals surface area contributed by atoms with E-state index in [1.807, 2.05) is 12.1 Å². The zero-order valence-electron chi connectivity index (χ0n) is 8.28. The topological polar surface area (TPSA) is 25.8 Å². The highest BCUT2D eigenvalue weighted by Crippen LogP contribution is 2.55. The fourth-order valence-corrected chi connectivity index (χ4v) is 3.40. The lowest BCUT2D eigenvalue weighted by Gasteiger charge is -2.13. The Hall–Kier alpha value is -0.640. The van der Waals surface area contributed by atoms with E-state index >= 15 is 0 Å². The third kappa shape index (κ3) is 1.54. The van der Waals surface area contributed by atoms with E-state index in [-0.39, 0.29) is 5.41 Å². The molecule has 1 saturated carbocycles. The van der Waals surface area contributed by atoms with Crippen molar-refractivity contribution in [2.45, 2.75) is 18.3 Å². The molecular weight excluding hydrogens is 263 g/mol. The van der Waals surface area contributed by atoms with Crippen LogP contribution in [0.1, 0.15) is 23.4 Å². The minimum atomic E-state index is 0.00282. The summed E-state index contributed by atoms with van der Waals surface area (Å²) in [5, 5.41) is 10.5. The average molecular weight is 271 g/mol. The van der Waals surface area contributed by atoms with Crippen molar-refractivity contribution in [3.05, 3.63) is 44.3 Å². The molecule has 82 valence electrons. The summed E-state index contributed by atoms with van der Waals surface area (Å²) in [7, 11) is 0. The molecule has 2 aromatic rings. The minimum absolute atomic E-state index is 0.00282. The van der Waals surface area contributed by atoms with Gasteiger partial charge in [0.1, 0.15) is 10.5 Å². The number of benzene rings is 1. The van der Waals surface area contributed by atoms with Crippen LogP contribution in [0.5, 0.6) is 0 Å². The van der Waals surface area contributed by atoms with E-state index in [1.165, 1.54) is 0 Å². The van der Waals surface area contributed by atoms with Crippen LogP contribution in [-0.4, -0.2) is 10.2 Å². The second-order valence-corrected chi connectivity index (χ2v) is 5.63. The normalized spacial score (nSPS) is 17.4. The highest BCUT2D eigenvalue weighted by Gasteiger charge is 2.49. The number of hydrogen-bond donors (Lipinski definition) is 0. The fraction of sp³-hybridized carbons (Fsp3) is 0.273. The van der Waals surface area contributed by atoms with Gasteiger partial charge in [-0.2, -0.15) is 0 Å². The van der Waals surface area contributed by atoms with Crippen LogP contribution in [-0.2, 0) is 5.41 Å². The summed E-state index contributed by atoms with van der Waals surface area (Å²) in [6, 6.07) is 5.67. The number of aromatic nitrogens is 2. The van der Waals surface area contributed by atoms with Crippen molar-refractivity contribution < 1.29 is 0 Å². The van der Waals surface area contributed by atoms with Gasteiger partial charge in [-0.1, -0.05) is 29.3 Å². The molecule has 0 N–H and O–H groups in total. The summed E-state index contributed by atoms with van der Waals surface area (Å²) >= 11 is 13.7. The van der Waals surface area contributed by atoms with E-state index in [0.717, 1.165) is 28.4 Å². The van der Waals surface area contributed by atoms with Crippen LogP contribution in [0, 0.1) is 0 Å². The summed E-state index contributed by atoms with van der Waals surface area (Å²) < 4.78 is 0. The van der Waals surface area contributed by atoms with E-state index in [2.05, 4.69) is 10.2 Å². The van der Waals surface area contributed by atoms with E-state index in [4.69, 9.17) is 23.2 Å². The monoisotopic (exact) mass is 270 g/mol. The number of hydrogen-bond acceptors (Lipinski definition) is 3. The molecule has 2 nitrogen and oxygen atoms in total. The Kier molecular flexibility index (Phi) is 2.42. The summed E-state index contributed by atoms with van der Waals surface area (Å²) in [6.07, 6.45) is 2.17. The maximum Gasteiger partial charge on any atom is 0.127 e. The van der Waals surface area contributed by atoms with Gasteiger partial charge >= 0.3 is 0 Å². The van der Waals surface area contributed by atoms with Gasteiger partial charge in [-0.15, -0.1) is 21.5 Å². The smallest absolute Gasteiger partial charge is 0.127 e. The molecule has 1 aromatic carbocycles. The van der Waals surface area contributed by atoms with Crippen molar-refractivity contribution in [1.82, 2.24) is 10.2 Å². The van der Waals surface area contributed by atoms with E-state index in [0.29, 0.717) is 5.02 Å². The number of rotatable bonds is 2. The van der Waals surface area contributed by atoms with Crippen molar-refractivity contribution in [3.8, 4) is 0 Å². The lowest BCUT2D eigenvalue weighted by Crippen LogP contribution is -2.09. The Morgan fingerprint density at radius 1 is 1.25 bits per heavy atom. The van der Waals surface area contributed by atoms with Crippen molar-refractivity contribution in [2.24, 2.45) is 0 Å². The Balaban J connectivity index is 2.10. The summed E-state index contributed by atoms with van der Waals surface area (Å²) in [6.45, 7) is 0. The second kappa shape index (κ2) is 3.69. The Labute approximate surface area is 107 Å². The van der Waals surface area contributed by atoms with E-state index < -0.39 is 0 Å². The van der Waals surface area contributed by atoms with Gasteiger partial charge in [0.25, 0.3) is 0 Å². The molecule has 16 heavy (non-hydrogen) atoms. The molecule has 0 radical (unpaired) electrons. The molecule has 1 aliphatic rings. The fourth-order valence-electron chi connectivity index (χ4n) is 1.98. The van der Waals surface area contributed by atoms with Crippen LogP contribution < -0.4 is 0 Å². The summed E-state index contributed by atoms with van der Waals surface area (Å²) in [5.41, 5.74) is 2.89. The molecule has 0 saturated heterocycles. The summed E-state index contributed by atoms with van der Waals surface area (Å²) in [4.78, 5) is 0. The SMILES string of the molecule is Clc1ccc(C2(c3nncs3)CC2)c(Cl)c1. The lowest BCUT2D eigenvalue weighted by atomic mass is 9.97. The molecule has 1 fully saturated rings. The van der Waals surface area contributed by atoms with Crippen LogP contribution >= 0.6 is 34.5 Å². The molecule has 1 aliphatic carbocycles. The van der Waals surface area contributed by atoms with Gasteiger partial charge in [0.15, 0.2) is 0 Å². The van der Waals surface area contributed by atoms with Gasteiger partial charge in [0, 0.05) is 10.0 Å². The first kappa shape index (κ1) is 10.5. The van der Waals surface area contributed by atoms with Crippen LogP contribution in [0.4, 0.5) is 0 Å². The van der Waals surface area contributed by atoms with Crippen molar-refractivity contribution in [1.29, 1.82) is 0 Å². The molecular formula is C11H8Cl2N2S. The molecule has 3 rings (SSSR count). The van der Waals surface area contributed by atoms with Crippen LogP contribution in [0.15, 0.2) is 23.7 Å². The maximum absolute atomic E-state index is 6.24. The Morgan fingerprint density at radius 3 is 2.62 bits per heavy atom. The molecule has 0 aliphatic heterocycles. The highest BCUT2D eigenvalue weighted by atomic mass is 35.5. The minimum Gasteiger partial charge on any atom is -0.147 e. The van der Waals surface area contributed by atoms with Crippen LogP contribution in [0.25, 0.3) is 0 Å². The van der Waals surface area contributed by atoms with Crippen molar-refractivity contribution in [3.63, 3.8) is 0 Å². The predicted octanol–water partition coefficient (Wildman–Crippen LogP) is 3.92. The molecule has 0 atom stereocenters. The van der Waals surface area contributed by atoms with Gasteiger partial charge in [-0.25, -0.2) is 0 Å². The van der Waals surface area contributed by atoms with E-state index in [1.54, 1.807) is 22.9 Å². The molecule has 0 unspecified atom stereocenters. The van der Waals surface area contributed by atoms with Gasteiger partial charge in [0.2, 0.25) is 0 Å². The van der Waals surface area contributed by atoms with Crippen molar-refractivity contribution in [2.75, 3.05) is 0 Å². The molecule has 0 spiro atoms. The molecule has 1 aromatic heterocycles. The standard InChI is InChI=1S/C11H8Cl2N2S/c12-7-1-2-8(9(13)5-7)11(3-4-11)10-15-14-6-16-10/h1-2,5-6H,3-4H2. The first-order chi connectivity index (χ1) is 7.72. The molecule has 1 heterocycles. The zero-order chi connectivity index (χ0) is 11.2. The van der Waals surface area contributed by atoms with Gasteiger partial charge < -0.3 is 0 Å². The van der Waals surface area contributed by atoms with Gasteiger partial charge in [-0.05, 0) is 30.5 Å². The quantitative estimate of drug-likeness (QED) is 0.827. The first-order valence-corrected chi connectivity index (χ1v) is 6.58. The van der Waals surface area contributed by atoms with Gasteiger partial charge in [0.05, 0.1) is 5.41 Å². The first-order valence-electron chi connectivity index (χ1n) is 4.94. The third-order valence-corrected chi connectivity index (χ3v) is 4.41. The van der Waals surface area contributed by atoms with Crippen LogP contribution in [0.3, 0.4) is 0 Å². The lowest BCUT2D eigenvalue weighted by molar-refractivity contribution is 0.807. The highest BCUT2D eigenvalue weighted by molar-refractivity contribution is 7.09. The molecule has 0 bridgehead atoms. The number of halogens is 2. The van der Waals surface area contributed by atoms with E-state index in [9.17, 15) is 0 Å². The average Bonchev–Trinajstić information content (AvgIpc) is 2.87. The maximum atomic E-state index is 6.24. The third-order valence-electron chi connectivity index (χ3n) is 2.97. The Bertz CT molecular complexity index is 521. The largest absolute Gasteiger partial charge is 0.147 e. The number of nitrogens with zero attached hydrogens (tertiary/aromatic N) is 2. The zero-order valence-corrected chi connectivity index (χ0v) is 10.6. The molecule has 0 amide bonds. The summed E-state index contributed by atoms with van der Waals surface area (Å²) in [5.74, 6) is 0. The van der Waals surface area contributed by atoms with Gasteiger partial charge in [-0.3, -0.25) is 0 Å². The predicted molar refractivity (Wildman–Crippen MR) is 66.4 cm³/mol. The van der Waals surface area contributed by atoms with Crippen molar-refractivity contribution >= 4 is 34.5 Å². The Morgan fingerprint density at radius 2 is 2.06 bits per heavy atom.